The molecule has 0 aliphatic carbocycles. The fraction of sp³-hybridized carbons (Fsp3) is 0.526. The Morgan fingerprint density at radius 2 is 1.83 bits per heavy atom. The van der Waals surface area contributed by atoms with Gasteiger partial charge in [-0.15, -0.1) is 0 Å². The number of benzene rings is 1. The van der Waals surface area contributed by atoms with E-state index in [9.17, 15) is 4.39 Å². The van der Waals surface area contributed by atoms with Gasteiger partial charge >= 0.3 is 0 Å². The van der Waals surface area contributed by atoms with Gasteiger partial charge in [-0.3, -0.25) is 4.68 Å². The normalized spacial score (nSPS) is 15.9. The van der Waals surface area contributed by atoms with Gasteiger partial charge in [0.25, 0.3) is 0 Å². The first kappa shape index (κ1) is 17.0. The van der Waals surface area contributed by atoms with Crippen molar-refractivity contribution in [1.29, 1.82) is 0 Å². The zero-order valence-electron chi connectivity index (χ0n) is 14.8. The van der Waals surface area contributed by atoms with Crippen LogP contribution in [0.25, 0.3) is 0 Å². The van der Waals surface area contributed by atoms with Crippen LogP contribution in [-0.2, 0) is 13.1 Å². The Kier molecular flexibility index (Phi) is 5.19. The van der Waals surface area contributed by atoms with Gasteiger partial charge in [-0.2, -0.15) is 5.10 Å². The third-order valence-electron chi connectivity index (χ3n) is 5.09. The van der Waals surface area contributed by atoms with Gasteiger partial charge < -0.3 is 10.2 Å². The molecule has 0 spiro atoms. The Morgan fingerprint density at radius 3 is 2.42 bits per heavy atom. The van der Waals surface area contributed by atoms with Crippen LogP contribution in [0, 0.1) is 19.7 Å². The number of anilines is 1. The summed E-state index contributed by atoms with van der Waals surface area (Å²) < 4.78 is 15.1. The first-order chi connectivity index (χ1) is 11.6. The molecule has 0 bridgehead atoms. The minimum Gasteiger partial charge on any atom is -0.371 e. The summed E-state index contributed by atoms with van der Waals surface area (Å²) in [5.41, 5.74) is 4.85. The van der Waals surface area contributed by atoms with Gasteiger partial charge in [0.15, 0.2) is 0 Å². The lowest BCUT2D eigenvalue weighted by Gasteiger charge is -2.34. The molecule has 130 valence electrons. The van der Waals surface area contributed by atoms with E-state index in [1.807, 2.05) is 12.1 Å². The van der Waals surface area contributed by atoms with Crippen LogP contribution in [0.1, 0.15) is 36.7 Å². The van der Waals surface area contributed by atoms with E-state index in [4.69, 9.17) is 0 Å². The number of rotatable bonds is 5. The Labute approximate surface area is 143 Å². The van der Waals surface area contributed by atoms with Crippen molar-refractivity contribution < 1.29 is 4.39 Å². The molecule has 1 fully saturated rings. The van der Waals surface area contributed by atoms with Crippen LogP contribution >= 0.6 is 0 Å². The molecule has 4 nitrogen and oxygen atoms in total. The summed E-state index contributed by atoms with van der Waals surface area (Å²) >= 11 is 0. The van der Waals surface area contributed by atoms with E-state index in [-0.39, 0.29) is 5.82 Å². The van der Waals surface area contributed by atoms with Gasteiger partial charge in [-0.05, 0) is 57.9 Å². The highest BCUT2D eigenvalue weighted by Crippen LogP contribution is 2.21. The fourth-order valence-electron chi connectivity index (χ4n) is 3.54. The molecule has 1 aliphatic rings. The zero-order chi connectivity index (χ0) is 17.1. The molecule has 2 aromatic rings. The summed E-state index contributed by atoms with van der Waals surface area (Å²) in [7, 11) is 0. The predicted molar refractivity (Wildman–Crippen MR) is 95.8 cm³/mol. The summed E-state index contributed by atoms with van der Waals surface area (Å²) in [6.07, 6.45) is 2.22. The molecule has 0 atom stereocenters. The first-order valence-electron chi connectivity index (χ1n) is 8.85. The molecule has 1 aromatic carbocycles. The summed E-state index contributed by atoms with van der Waals surface area (Å²) in [5, 5.41) is 8.29. The number of piperidine rings is 1. The number of hydrogen-bond acceptors (Lipinski definition) is 3. The average molecular weight is 330 g/mol. The smallest absolute Gasteiger partial charge is 0.123 e. The maximum atomic E-state index is 13.0. The molecule has 0 amide bonds. The summed E-state index contributed by atoms with van der Waals surface area (Å²) in [4.78, 5) is 2.34. The maximum Gasteiger partial charge on any atom is 0.123 e. The molecule has 0 radical (unpaired) electrons. The van der Waals surface area contributed by atoms with Crippen molar-refractivity contribution >= 4 is 5.69 Å². The third kappa shape index (κ3) is 3.61. The molecular weight excluding hydrogens is 303 g/mol. The molecule has 0 saturated carbocycles. The topological polar surface area (TPSA) is 33.1 Å². The zero-order valence-corrected chi connectivity index (χ0v) is 14.8. The average Bonchev–Trinajstić information content (AvgIpc) is 2.88. The van der Waals surface area contributed by atoms with E-state index in [1.54, 1.807) is 0 Å². The highest BCUT2D eigenvalue weighted by molar-refractivity contribution is 5.46. The van der Waals surface area contributed by atoms with Crippen LogP contribution in [0.15, 0.2) is 24.3 Å². The Bertz CT molecular complexity index is 669. The van der Waals surface area contributed by atoms with Crippen LogP contribution in [0.5, 0.6) is 0 Å². The van der Waals surface area contributed by atoms with E-state index < -0.39 is 0 Å². The van der Waals surface area contributed by atoms with Crippen LogP contribution in [0.3, 0.4) is 0 Å². The summed E-state index contributed by atoms with van der Waals surface area (Å²) in [6.45, 7) is 10.2. The fourth-order valence-corrected chi connectivity index (χ4v) is 3.54. The van der Waals surface area contributed by atoms with Gasteiger partial charge in [0.1, 0.15) is 5.82 Å². The van der Waals surface area contributed by atoms with E-state index in [0.717, 1.165) is 50.4 Å². The van der Waals surface area contributed by atoms with Crippen molar-refractivity contribution in [3.8, 4) is 0 Å². The van der Waals surface area contributed by atoms with E-state index in [1.165, 1.54) is 23.4 Å². The van der Waals surface area contributed by atoms with Crippen molar-refractivity contribution in [3.05, 3.63) is 47.0 Å². The standard InChI is InChI=1S/C19H27FN4/c1-4-24-15(3)19(14(2)22-24)13-21-17-9-11-23(12-10-17)18-7-5-16(20)6-8-18/h5-8,17,21H,4,9-13H2,1-3H3. The molecule has 1 aromatic heterocycles. The monoisotopic (exact) mass is 330 g/mol. The van der Waals surface area contributed by atoms with Crippen molar-refractivity contribution in [2.45, 2.75) is 52.7 Å². The molecular formula is C19H27FN4. The van der Waals surface area contributed by atoms with Crippen LogP contribution in [-0.4, -0.2) is 28.9 Å². The molecule has 5 heteroatoms. The third-order valence-corrected chi connectivity index (χ3v) is 5.09. The molecule has 1 N–H and O–H groups in total. The molecule has 1 aliphatic heterocycles. The lowest BCUT2D eigenvalue weighted by molar-refractivity contribution is 0.413. The Hall–Kier alpha value is -1.88. The van der Waals surface area contributed by atoms with Gasteiger partial charge in [0, 0.05) is 49.2 Å². The second-order valence-electron chi connectivity index (χ2n) is 6.58. The highest BCUT2D eigenvalue weighted by atomic mass is 19.1. The quantitative estimate of drug-likeness (QED) is 0.912. The van der Waals surface area contributed by atoms with Gasteiger partial charge in [-0.1, -0.05) is 0 Å². The van der Waals surface area contributed by atoms with Gasteiger partial charge in [-0.25, -0.2) is 4.39 Å². The largest absolute Gasteiger partial charge is 0.371 e. The number of hydrogen-bond donors (Lipinski definition) is 1. The lowest BCUT2D eigenvalue weighted by Crippen LogP contribution is -2.42. The number of aryl methyl sites for hydroxylation is 2. The van der Waals surface area contributed by atoms with Crippen molar-refractivity contribution in [1.82, 2.24) is 15.1 Å². The second-order valence-corrected chi connectivity index (χ2v) is 6.58. The van der Waals surface area contributed by atoms with Crippen LogP contribution in [0.4, 0.5) is 10.1 Å². The second kappa shape index (κ2) is 7.34. The molecule has 24 heavy (non-hydrogen) atoms. The SMILES string of the molecule is CCn1nc(C)c(CNC2CCN(c3ccc(F)cc3)CC2)c1C. The Morgan fingerprint density at radius 1 is 1.17 bits per heavy atom. The highest BCUT2D eigenvalue weighted by Gasteiger charge is 2.20. The molecule has 1 saturated heterocycles. The van der Waals surface area contributed by atoms with Crippen molar-refractivity contribution in [3.63, 3.8) is 0 Å². The van der Waals surface area contributed by atoms with Crippen molar-refractivity contribution in [2.24, 2.45) is 0 Å². The maximum absolute atomic E-state index is 13.0. The summed E-state index contributed by atoms with van der Waals surface area (Å²) in [6, 6.07) is 7.35. The number of aromatic nitrogens is 2. The van der Waals surface area contributed by atoms with Gasteiger partial charge in [0.2, 0.25) is 0 Å². The van der Waals surface area contributed by atoms with Crippen LogP contribution < -0.4 is 10.2 Å². The van der Waals surface area contributed by atoms with E-state index in [0.29, 0.717) is 6.04 Å². The summed E-state index contributed by atoms with van der Waals surface area (Å²) in [5.74, 6) is -0.173. The minimum absolute atomic E-state index is 0.173. The van der Waals surface area contributed by atoms with E-state index >= 15 is 0 Å². The first-order valence-corrected chi connectivity index (χ1v) is 8.85. The number of nitrogens with zero attached hydrogens (tertiary/aromatic N) is 3. The number of nitrogens with one attached hydrogen (secondary N) is 1. The molecule has 0 unspecified atom stereocenters. The van der Waals surface area contributed by atoms with Crippen molar-refractivity contribution in [2.75, 3.05) is 18.0 Å². The molecule has 3 rings (SSSR count). The van der Waals surface area contributed by atoms with E-state index in [2.05, 4.69) is 40.8 Å². The Balaban J connectivity index is 1.52. The minimum atomic E-state index is -0.173. The van der Waals surface area contributed by atoms with Gasteiger partial charge in [0.05, 0.1) is 5.69 Å². The van der Waals surface area contributed by atoms with Crippen LogP contribution in [0.2, 0.25) is 0 Å². The predicted octanol–water partition coefficient (Wildman–Crippen LogP) is 3.42. The number of halogens is 1. The molecule has 2 heterocycles. The lowest BCUT2D eigenvalue weighted by atomic mass is 10.0.